The van der Waals surface area contributed by atoms with Gasteiger partial charge >= 0.3 is 0 Å². The molecule has 0 aliphatic carbocycles. The summed E-state index contributed by atoms with van der Waals surface area (Å²) in [5.74, 6) is 0.894. The van der Waals surface area contributed by atoms with Crippen LogP contribution in [0.15, 0.2) is 42.9 Å². The second-order valence-electron chi connectivity index (χ2n) is 6.42. The fraction of sp³-hybridized carbons (Fsp3) is 0.333. The number of hydrogen-bond acceptors (Lipinski definition) is 4. The molecule has 1 fully saturated rings. The van der Waals surface area contributed by atoms with Crippen molar-refractivity contribution in [2.75, 3.05) is 18.4 Å². The van der Waals surface area contributed by atoms with Gasteiger partial charge in [-0.25, -0.2) is 9.97 Å². The number of rotatable bonds is 4. The van der Waals surface area contributed by atoms with E-state index in [0.717, 1.165) is 54.2 Å². The Labute approximate surface area is 145 Å². The van der Waals surface area contributed by atoms with Crippen molar-refractivity contribution in [1.82, 2.24) is 20.3 Å². The summed E-state index contributed by atoms with van der Waals surface area (Å²) in [6.45, 7) is 1.99. The first-order chi connectivity index (χ1) is 11.7. The van der Waals surface area contributed by atoms with Gasteiger partial charge in [-0.3, -0.25) is 0 Å². The molecule has 0 spiro atoms. The van der Waals surface area contributed by atoms with Gasteiger partial charge in [-0.2, -0.15) is 0 Å². The minimum atomic E-state index is -0.0332. The molecule has 0 saturated carbocycles. The molecular weight excluding hydrogens is 322 g/mol. The van der Waals surface area contributed by atoms with Crippen molar-refractivity contribution < 1.29 is 0 Å². The van der Waals surface area contributed by atoms with E-state index >= 15 is 0 Å². The SMILES string of the molecule is Clc1cccc(CC2(Nc3ncnc4[nH]ccc34)CCNCC2)c1. The van der Waals surface area contributed by atoms with Gasteiger partial charge in [0.2, 0.25) is 0 Å². The van der Waals surface area contributed by atoms with Crippen molar-refractivity contribution in [2.24, 2.45) is 0 Å². The van der Waals surface area contributed by atoms with Crippen molar-refractivity contribution >= 4 is 28.5 Å². The first-order valence-electron chi connectivity index (χ1n) is 8.26. The molecule has 24 heavy (non-hydrogen) atoms. The number of benzene rings is 1. The molecule has 5 nitrogen and oxygen atoms in total. The number of aromatic nitrogens is 3. The number of halogens is 1. The van der Waals surface area contributed by atoms with Crippen LogP contribution in [-0.2, 0) is 6.42 Å². The molecule has 1 aromatic carbocycles. The van der Waals surface area contributed by atoms with Gasteiger partial charge in [-0.15, -0.1) is 0 Å². The van der Waals surface area contributed by atoms with E-state index in [-0.39, 0.29) is 5.54 Å². The lowest BCUT2D eigenvalue weighted by Crippen LogP contribution is -2.49. The fourth-order valence-corrected chi connectivity index (χ4v) is 3.73. The molecule has 0 unspecified atom stereocenters. The van der Waals surface area contributed by atoms with Gasteiger partial charge < -0.3 is 15.6 Å². The Hall–Kier alpha value is -2.11. The van der Waals surface area contributed by atoms with E-state index in [9.17, 15) is 0 Å². The minimum absolute atomic E-state index is 0.0332. The summed E-state index contributed by atoms with van der Waals surface area (Å²) in [6, 6.07) is 10.1. The molecule has 6 heteroatoms. The maximum Gasteiger partial charge on any atom is 0.142 e. The lowest BCUT2D eigenvalue weighted by atomic mass is 9.82. The Kier molecular flexibility index (Phi) is 4.12. The predicted molar refractivity (Wildman–Crippen MR) is 97.5 cm³/mol. The Balaban J connectivity index is 1.67. The Morgan fingerprint density at radius 2 is 2.04 bits per heavy atom. The van der Waals surface area contributed by atoms with Gasteiger partial charge in [0.1, 0.15) is 17.8 Å². The lowest BCUT2D eigenvalue weighted by molar-refractivity contribution is 0.335. The van der Waals surface area contributed by atoms with Crippen molar-refractivity contribution in [3.8, 4) is 0 Å². The second kappa shape index (κ2) is 6.42. The van der Waals surface area contributed by atoms with Gasteiger partial charge in [0.05, 0.1) is 5.39 Å². The fourth-order valence-electron chi connectivity index (χ4n) is 3.51. The number of nitrogens with zero attached hydrogens (tertiary/aromatic N) is 2. The summed E-state index contributed by atoms with van der Waals surface area (Å²) in [7, 11) is 0. The maximum atomic E-state index is 6.17. The van der Waals surface area contributed by atoms with Crippen LogP contribution in [0.5, 0.6) is 0 Å². The third-order valence-electron chi connectivity index (χ3n) is 4.73. The molecule has 124 valence electrons. The summed E-state index contributed by atoms with van der Waals surface area (Å²) >= 11 is 6.17. The number of piperidine rings is 1. The van der Waals surface area contributed by atoms with Gasteiger partial charge in [0.25, 0.3) is 0 Å². The number of aromatic amines is 1. The molecule has 3 N–H and O–H groups in total. The zero-order chi connectivity index (χ0) is 16.4. The van der Waals surface area contributed by atoms with Gasteiger partial charge in [0, 0.05) is 16.8 Å². The van der Waals surface area contributed by atoms with E-state index in [0.29, 0.717) is 0 Å². The summed E-state index contributed by atoms with van der Waals surface area (Å²) in [4.78, 5) is 11.9. The van der Waals surface area contributed by atoms with E-state index in [1.54, 1.807) is 6.33 Å². The molecule has 2 aromatic heterocycles. The van der Waals surface area contributed by atoms with Crippen LogP contribution in [-0.4, -0.2) is 33.6 Å². The first kappa shape index (κ1) is 15.4. The van der Waals surface area contributed by atoms with Crippen LogP contribution in [0.3, 0.4) is 0 Å². The van der Waals surface area contributed by atoms with Gasteiger partial charge in [-0.05, 0) is 56.1 Å². The number of anilines is 1. The largest absolute Gasteiger partial charge is 0.364 e. The Morgan fingerprint density at radius 3 is 2.88 bits per heavy atom. The highest BCUT2D eigenvalue weighted by Crippen LogP contribution is 2.30. The van der Waals surface area contributed by atoms with Crippen molar-refractivity contribution in [3.05, 3.63) is 53.4 Å². The van der Waals surface area contributed by atoms with Gasteiger partial charge in [0.15, 0.2) is 0 Å². The van der Waals surface area contributed by atoms with E-state index in [1.807, 2.05) is 24.4 Å². The number of hydrogen-bond donors (Lipinski definition) is 3. The number of nitrogens with one attached hydrogen (secondary N) is 3. The quantitative estimate of drug-likeness (QED) is 0.680. The molecular formula is C18H20ClN5. The van der Waals surface area contributed by atoms with Crippen LogP contribution in [0, 0.1) is 0 Å². The van der Waals surface area contributed by atoms with Crippen molar-refractivity contribution in [2.45, 2.75) is 24.8 Å². The molecule has 4 rings (SSSR count). The summed E-state index contributed by atoms with van der Waals surface area (Å²) in [6.07, 6.45) is 6.50. The molecule has 1 aliphatic heterocycles. The van der Waals surface area contributed by atoms with Crippen LogP contribution in [0.4, 0.5) is 5.82 Å². The maximum absolute atomic E-state index is 6.17. The van der Waals surface area contributed by atoms with Crippen LogP contribution in [0.2, 0.25) is 5.02 Å². The highest BCUT2D eigenvalue weighted by molar-refractivity contribution is 6.30. The average Bonchev–Trinajstić information content (AvgIpc) is 3.05. The second-order valence-corrected chi connectivity index (χ2v) is 6.86. The molecule has 0 amide bonds. The standard InChI is InChI=1S/C18H20ClN5/c19-14-3-1-2-13(10-14)11-18(5-8-20-9-6-18)24-17-15-4-7-21-16(15)22-12-23-17/h1-4,7,10,12,20H,5-6,8-9,11H2,(H2,21,22,23,24). The van der Waals surface area contributed by atoms with E-state index in [4.69, 9.17) is 11.6 Å². The van der Waals surface area contributed by atoms with Crippen molar-refractivity contribution in [3.63, 3.8) is 0 Å². The first-order valence-corrected chi connectivity index (χ1v) is 8.63. The molecule has 1 saturated heterocycles. The summed E-state index contributed by atoms with van der Waals surface area (Å²) in [5, 5.41) is 9.00. The van der Waals surface area contributed by atoms with E-state index in [1.165, 1.54) is 5.56 Å². The van der Waals surface area contributed by atoms with Crippen molar-refractivity contribution in [1.29, 1.82) is 0 Å². The zero-order valence-electron chi connectivity index (χ0n) is 13.3. The minimum Gasteiger partial charge on any atom is -0.364 e. The van der Waals surface area contributed by atoms with Gasteiger partial charge in [-0.1, -0.05) is 23.7 Å². The molecule has 0 bridgehead atoms. The molecule has 3 aromatic rings. The smallest absolute Gasteiger partial charge is 0.142 e. The molecule has 3 heterocycles. The third-order valence-corrected chi connectivity index (χ3v) is 4.96. The lowest BCUT2D eigenvalue weighted by Gasteiger charge is -2.39. The van der Waals surface area contributed by atoms with E-state index < -0.39 is 0 Å². The van der Waals surface area contributed by atoms with Crippen LogP contribution in [0.1, 0.15) is 18.4 Å². The summed E-state index contributed by atoms with van der Waals surface area (Å²) < 4.78 is 0. The molecule has 0 radical (unpaired) electrons. The normalized spacial score (nSPS) is 17.0. The number of H-pyrrole nitrogens is 1. The highest BCUT2D eigenvalue weighted by Gasteiger charge is 2.33. The Bertz CT molecular complexity index is 838. The van der Waals surface area contributed by atoms with Crippen LogP contribution in [0.25, 0.3) is 11.0 Å². The topological polar surface area (TPSA) is 65.6 Å². The van der Waals surface area contributed by atoms with Crippen LogP contribution < -0.4 is 10.6 Å². The van der Waals surface area contributed by atoms with Crippen LogP contribution >= 0.6 is 11.6 Å². The average molecular weight is 342 g/mol. The molecule has 1 aliphatic rings. The molecule has 0 atom stereocenters. The van der Waals surface area contributed by atoms with E-state index in [2.05, 4.69) is 37.7 Å². The zero-order valence-corrected chi connectivity index (χ0v) is 14.1. The highest BCUT2D eigenvalue weighted by atomic mass is 35.5. The Morgan fingerprint density at radius 1 is 1.17 bits per heavy atom. The summed E-state index contributed by atoms with van der Waals surface area (Å²) in [5.41, 5.74) is 2.07. The number of fused-ring (bicyclic) bond motifs is 1. The predicted octanol–water partition coefficient (Wildman–Crippen LogP) is 3.39. The monoisotopic (exact) mass is 341 g/mol. The third kappa shape index (κ3) is 3.09.